The molecule has 0 fully saturated rings. The lowest BCUT2D eigenvalue weighted by Gasteiger charge is -1.97. The molecular formula is C14H12N2OS. The van der Waals surface area contributed by atoms with Crippen LogP contribution in [0.15, 0.2) is 17.6 Å². The number of nitrogens with zero attached hydrogens (tertiary/aromatic N) is 1. The van der Waals surface area contributed by atoms with Gasteiger partial charge in [-0.2, -0.15) is 0 Å². The number of benzene rings is 1. The number of aromatic amines is 1. The van der Waals surface area contributed by atoms with E-state index in [1.165, 1.54) is 15.6 Å². The van der Waals surface area contributed by atoms with E-state index in [1.54, 1.807) is 11.3 Å². The molecule has 3 aromatic rings. The van der Waals surface area contributed by atoms with Crippen molar-refractivity contribution >= 4 is 38.2 Å². The first-order valence-corrected chi connectivity index (χ1v) is 7.12. The van der Waals surface area contributed by atoms with E-state index in [1.807, 2.05) is 5.51 Å². The van der Waals surface area contributed by atoms with E-state index in [0.29, 0.717) is 6.42 Å². The van der Waals surface area contributed by atoms with E-state index < -0.39 is 0 Å². The summed E-state index contributed by atoms with van der Waals surface area (Å²) >= 11 is 1.64. The molecule has 90 valence electrons. The lowest BCUT2D eigenvalue weighted by molar-refractivity contribution is 0.0978. The third-order valence-corrected chi connectivity index (χ3v) is 4.51. The standard InChI is InChI=1S/C14H12N2OS/c17-12-4-2-1-3-8-9-5-11-13(18-7-15-11)6-10(9)16-14(8)12/h5-7,16H,1-4H2. The Labute approximate surface area is 108 Å². The minimum absolute atomic E-state index is 0.259. The summed E-state index contributed by atoms with van der Waals surface area (Å²) in [5, 5.41) is 1.18. The van der Waals surface area contributed by atoms with Crippen molar-refractivity contribution in [2.24, 2.45) is 0 Å². The fraction of sp³-hybridized carbons (Fsp3) is 0.286. The Morgan fingerprint density at radius 1 is 1.22 bits per heavy atom. The maximum atomic E-state index is 12.1. The van der Waals surface area contributed by atoms with E-state index in [4.69, 9.17) is 0 Å². The minimum Gasteiger partial charge on any atom is -0.352 e. The van der Waals surface area contributed by atoms with Crippen molar-refractivity contribution in [3.63, 3.8) is 0 Å². The van der Waals surface area contributed by atoms with Crippen LogP contribution in [0, 0.1) is 0 Å². The molecule has 1 aromatic carbocycles. The first-order valence-electron chi connectivity index (χ1n) is 6.24. The number of ketones is 1. The third-order valence-electron chi connectivity index (χ3n) is 3.72. The van der Waals surface area contributed by atoms with Crippen LogP contribution in [-0.4, -0.2) is 15.8 Å². The van der Waals surface area contributed by atoms with E-state index in [-0.39, 0.29) is 5.78 Å². The lowest BCUT2D eigenvalue weighted by Crippen LogP contribution is -1.98. The second-order valence-electron chi connectivity index (χ2n) is 4.83. The molecule has 0 atom stereocenters. The fourth-order valence-corrected chi connectivity index (χ4v) is 3.51. The maximum absolute atomic E-state index is 12.1. The number of fused-ring (bicyclic) bond motifs is 4. The van der Waals surface area contributed by atoms with Gasteiger partial charge in [0.1, 0.15) is 0 Å². The highest BCUT2D eigenvalue weighted by molar-refractivity contribution is 7.16. The summed E-state index contributed by atoms with van der Waals surface area (Å²) in [5.41, 5.74) is 6.01. The van der Waals surface area contributed by atoms with Crippen LogP contribution in [0.4, 0.5) is 0 Å². The minimum atomic E-state index is 0.259. The van der Waals surface area contributed by atoms with Crippen LogP contribution in [0.2, 0.25) is 0 Å². The molecule has 0 radical (unpaired) electrons. The molecule has 0 unspecified atom stereocenters. The molecular weight excluding hydrogens is 244 g/mol. The predicted octanol–water partition coefficient (Wildman–Crippen LogP) is 3.69. The van der Waals surface area contributed by atoms with Crippen LogP contribution in [0.3, 0.4) is 0 Å². The van der Waals surface area contributed by atoms with E-state index in [0.717, 1.165) is 36.0 Å². The lowest BCUT2D eigenvalue weighted by atomic mass is 10.1. The van der Waals surface area contributed by atoms with E-state index >= 15 is 0 Å². The Morgan fingerprint density at radius 3 is 3.06 bits per heavy atom. The Morgan fingerprint density at radius 2 is 2.11 bits per heavy atom. The molecule has 1 aliphatic carbocycles. The largest absolute Gasteiger partial charge is 0.352 e. The number of aryl methyl sites for hydroxylation is 1. The van der Waals surface area contributed by atoms with Gasteiger partial charge in [0, 0.05) is 17.3 Å². The van der Waals surface area contributed by atoms with Crippen LogP contribution in [-0.2, 0) is 6.42 Å². The van der Waals surface area contributed by atoms with Crippen molar-refractivity contribution in [1.82, 2.24) is 9.97 Å². The number of carbonyl (C=O) groups excluding carboxylic acids is 1. The molecule has 2 heterocycles. The van der Waals surface area contributed by atoms with Crippen molar-refractivity contribution in [3.8, 4) is 0 Å². The summed E-state index contributed by atoms with van der Waals surface area (Å²) in [6.45, 7) is 0. The number of hydrogen-bond donors (Lipinski definition) is 1. The molecule has 3 nitrogen and oxygen atoms in total. The number of hydrogen-bond acceptors (Lipinski definition) is 3. The first kappa shape index (κ1) is 10.3. The van der Waals surface area contributed by atoms with Gasteiger partial charge in [-0.05, 0) is 37.0 Å². The zero-order valence-electron chi connectivity index (χ0n) is 9.82. The molecule has 1 N–H and O–H groups in total. The molecule has 0 saturated carbocycles. The Hall–Kier alpha value is -1.68. The second kappa shape index (κ2) is 3.65. The number of carbonyl (C=O) groups is 1. The zero-order chi connectivity index (χ0) is 12.1. The van der Waals surface area contributed by atoms with Gasteiger partial charge in [-0.1, -0.05) is 0 Å². The van der Waals surface area contributed by atoms with Gasteiger partial charge in [0.05, 0.1) is 21.4 Å². The van der Waals surface area contributed by atoms with E-state index in [2.05, 4.69) is 22.1 Å². The SMILES string of the molecule is O=C1CCCCc2c1[nH]c1cc3scnc3cc21. The molecule has 18 heavy (non-hydrogen) atoms. The fourth-order valence-electron chi connectivity index (χ4n) is 2.81. The van der Waals surface area contributed by atoms with Gasteiger partial charge < -0.3 is 4.98 Å². The molecule has 4 heteroatoms. The van der Waals surface area contributed by atoms with Gasteiger partial charge in [0.25, 0.3) is 0 Å². The Kier molecular flexibility index (Phi) is 2.08. The smallest absolute Gasteiger partial charge is 0.179 e. The summed E-state index contributed by atoms with van der Waals surface area (Å²) < 4.78 is 1.17. The van der Waals surface area contributed by atoms with Crippen LogP contribution in [0.25, 0.3) is 21.1 Å². The topological polar surface area (TPSA) is 45.8 Å². The summed E-state index contributed by atoms with van der Waals surface area (Å²) in [6.07, 6.45) is 3.77. The molecule has 1 aliphatic rings. The number of H-pyrrole nitrogens is 1. The highest BCUT2D eigenvalue weighted by Gasteiger charge is 2.20. The summed E-state index contributed by atoms with van der Waals surface area (Å²) in [5.74, 6) is 0.259. The van der Waals surface area contributed by atoms with Gasteiger partial charge in [-0.3, -0.25) is 4.79 Å². The van der Waals surface area contributed by atoms with Crippen molar-refractivity contribution in [3.05, 3.63) is 28.9 Å². The second-order valence-corrected chi connectivity index (χ2v) is 5.71. The number of aromatic nitrogens is 2. The zero-order valence-corrected chi connectivity index (χ0v) is 10.6. The molecule has 0 aliphatic heterocycles. The number of nitrogens with one attached hydrogen (secondary N) is 1. The van der Waals surface area contributed by atoms with Gasteiger partial charge in [-0.25, -0.2) is 4.98 Å². The van der Waals surface area contributed by atoms with Gasteiger partial charge in [0.2, 0.25) is 0 Å². The maximum Gasteiger partial charge on any atom is 0.179 e. The molecule has 0 bridgehead atoms. The van der Waals surface area contributed by atoms with Crippen molar-refractivity contribution in [1.29, 1.82) is 0 Å². The Bertz CT molecular complexity index is 769. The molecule has 0 saturated heterocycles. The van der Waals surface area contributed by atoms with Crippen LogP contribution >= 0.6 is 11.3 Å². The molecule has 2 aromatic heterocycles. The average Bonchev–Trinajstić information content (AvgIpc) is 2.91. The van der Waals surface area contributed by atoms with E-state index in [9.17, 15) is 4.79 Å². The average molecular weight is 256 g/mol. The number of thiazole rings is 1. The van der Waals surface area contributed by atoms with Crippen molar-refractivity contribution < 1.29 is 4.79 Å². The van der Waals surface area contributed by atoms with Crippen LogP contribution < -0.4 is 0 Å². The monoisotopic (exact) mass is 256 g/mol. The molecule has 0 spiro atoms. The van der Waals surface area contributed by atoms with Gasteiger partial charge in [0.15, 0.2) is 5.78 Å². The first-order chi connectivity index (χ1) is 8.83. The summed E-state index contributed by atoms with van der Waals surface area (Å²) in [4.78, 5) is 19.7. The summed E-state index contributed by atoms with van der Waals surface area (Å²) in [7, 11) is 0. The van der Waals surface area contributed by atoms with Gasteiger partial charge in [-0.15, -0.1) is 11.3 Å². The van der Waals surface area contributed by atoms with Gasteiger partial charge >= 0.3 is 0 Å². The summed E-state index contributed by atoms with van der Waals surface area (Å²) in [6, 6.07) is 4.24. The number of rotatable bonds is 0. The normalized spacial score (nSPS) is 16.1. The highest BCUT2D eigenvalue weighted by Crippen LogP contribution is 2.32. The highest BCUT2D eigenvalue weighted by atomic mass is 32.1. The molecule has 0 amide bonds. The van der Waals surface area contributed by atoms with Crippen LogP contribution in [0.5, 0.6) is 0 Å². The Balaban J connectivity index is 2.08. The predicted molar refractivity (Wildman–Crippen MR) is 73.4 cm³/mol. The van der Waals surface area contributed by atoms with Crippen LogP contribution in [0.1, 0.15) is 35.3 Å². The van der Waals surface area contributed by atoms with Crippen molar-refractivity contribution in [2.45, 2.75) is 25.7 Å². The quantitative estimate of drug-likeness (QED) is 0.623. The third kappa shape index (κ3) is 1.35. The van der Waals surface area contributed by atoms with Crippen molar-refractivity contribution in [2.75, 3.05) is 0 Å². The molecule has 4 rings (SSSR count). The number of Topliss-reactive ketones (excluding diaryl/α,β-unsaturated/α-hetero) is 1.